The number of rotatable bonds is 7. The highest BCUT2D eigenvalue weighted by Crippen LogP contribution is 2.30. The average Bonchev–Trinajstić information content (AvgIpc) is 3.12. The molecule has 8 nitrogen and oxygen atoms in total. The van der Waals surface area contributed by atoms with Crippen LogP contribution in [0.4, 0.5) is 11.4 Å². The smallest absolute Gasteiger partial charge is 0.282 e. The molecule has 0 unspecified atom stereocenters. The highest BCUT2D eigenvalue weighted by molar-refractivity contribution is 6.31. The van der Waals surface area contributed by atoms with E-state index in [2.05, 4.69) is 10.7 Å². The van der Waals surface area contributed by atoms with Gasteiger partial charge in [0, 0.05) is 5.69 Å². The van der Waals surface area contributed by atoms with Crippen molar-refractivity contribution in [2.24, 2.45) is 0 Å². The predicted molar refractivity (Wildman–Crippen MR) is 124 cm³/mol. The molecule has 1 aliphatic heterocycles. The minimum Gasteiger partial charge on any atom is -0.493 e. The van der Waals surface area contributed by atoms with Gasteiger partial charge in [-0.15, -0.1) is 0 Å². The van der Waals surface area contributed by atoms with E-state index in [9.17, 15) is 14.4 Å². The van der Waals surface area contributed by atoms with E-state index in [1.165, 1.54) is 18.2 Å². The lowest BCUT2D eigenvalue weighted by atomic mass is 10.1. The summed E-state index contributed by atoms with van der Waals surface area (Å²) in [5.74, 6) is -0.550. The number of carbonyl (C=O) groups is 3. The molecule has 0 aliphatic carbocycles. The summed E-state index contributed by atoms with van der Waals surface area (Å²) in [5.41, 5.74) is 4.36. The van der Waals surface area contributed by atoms with Crippen molar-refractivity contribution in [1.82, 2.24) is 5.43 Å². The molecule has 2 N–H and O–H groups in total. The van der Waals surface area contributed by atoms with Crippen LogP contribution >= 0.6 is 0 Å². The zero-order valence-electron chi connectivity index (χ0n) is 17.8. The van der Waals surface area contributed by atoms with Crippen LogP contribution in [0.5, 0.6) is 11.5 Å². The number of nitrogens with zero attached hydrogens (tertiary/aromatic N) is 1. The maximum Gasteiger partial charge on any atom is 0.282 e. The number of methoxy groups -OCH3 is 1. The average molecular weight is 443 g/mol. The third-order valence-corrected chi connectivity index (χ3v) is 4.82. The van der Waals surface area contributed by atoms with Crippen molar-refractivity contribution in [2.75, 3.05) is 24.0 Å². The van der Waals surface area contributed by atoms with Crippen molar-refractivity contribution in [3.8, 4) is 11.5 Å². The fourth-order valence-corrected chi connectivity index (χ4v) is 3.24. The highest BCUT2D eigenvalue weighted by Gasteiger charge is 2.34. The molecule has 1 aliphatic rings. The van der Waals surface area contributed by atoms with Gasteiger partial charge in [-0.25, -0.2) is 5.01 Å². The fourth-order valence-electron chi connectivity index (χ4n) is 3.24. The number of carbonyl (C=O) groups excluding carboxylic acids is 3. The van der Waals surface area contributed by atoms with Crippen LogP contribution in [0.3, 0.4) is 0 Å². The van der Waals surface area contributed by atoms with Gasteiger partial charge in [-0.3, -0.25) is 19.8 Å². The van der Waals surface area contributed by atoms with Gasteiger partial charge in [0.1, 0.15) is 5.57 Å². The van der Waals surface area contributed by atoms with Crippen molar-refractivity contribution >= 4 is 35.2 Å². The third-order valence-electron chi connectivity index (χ3n) is 4.82. The Morgan fingerprint density at radius 2 is 1.67 bits per heavy atom. The summed E-state index contributed by atoms with van der Waals surface area (Å²) in [7, 11) is 1.47. The van der Waals surface area contributed by atoms with Crippen molar-refractivity contribution in [3.05, 3.63) is 90.0 Å². The van der Waals surface area contributed by atoms with E-state index in [1.54, 1.807) is 54.6 Å². The normalized spacial score (nSPS) is 14.2. The summed E-state index contributed by atoms with van der Waals surface area (Å²) in [4.78, 5) is 37.3. The molecule has 0 atom stereocenters. The lowest BCUT2D eigenvalue weighted by Crippen LogP contribution is -2.35. The Balaban J connectivity index is 1.46. The van der Waals surface area contributed by atoms with Gasteiger partial charge in [0.25, 0.3) is 17.7 Å². The van der Waals surface area contributed by atoms with Crippen molar-refractivity contribution < 1.29 is 23.9 Å². The van der Waals surface area contributed by atoms with Crippen LogP contribution in [0.1, 0.15) is 5.56 Å². The predicted octanol–water partition coefficient (Wildman–Crippen LogP) is 3.17. The number of anilines is 2. The van der Waals surface area contributed by atoms with Crippen LogP contribution in [0.25, 0.3) is 6.08 Å². The molecule has 3 aromatic carbocycles. The second kappa shape index (κ2) is 9.69. The van der Waals surface area contributed by atoms with Gasteiger partial charge < -0.3 is 14.8 Å². The Hall–Kier alpha value is -4.59. The Morgan fingerprint density at radius 3 is 2.36 bits per heavy atom. The third kappa shape index (κ3) is 5.01. The van der Waals surface area contributed by atoms with Crippen molar-refractivity contribution in [1.29, 1.82) is 0 Å². The first-order chi connectivity index (χ1) is 16.0. The fraction of sp³-hybridized carbons (Fsp3) is 0.0800. The molecule has 1 saturated heterocycles. The zero-order chi connectivity index (χ0) is 23.2. The number of benzene rings is 3. The zero-order valence-corrected chi connectivity index (χ0v) is 17.8. The quantitative estimate of drug-likeness (QED) is 0.432. The van der Waals surface area contributed by atoms with Gasteiger partial charge in [0.15, 0.2) is 18.1 Å². The molecule has 0 aromatic heterocycles. The highest BCUT2D eigenvalue weighted by atomic mass is 16.5. The summed E-state index contributed by atoms with van der Waals surface area (Å²) in [5, 5.41) is 3.94. The SMILES string of the molecule is COc1cc(/C=C2/C(=O)NN(c3ccccc3)C2=O)ccc1OCC(=O)Nc1ccccc1. The van der Waals surface area contributed by atoms with Crippen LogP contribution in [0, 0.1) is 0 Å². The molecule has 0 spiro atoms. The van der Waals surface area contributed by atoms with Gasteiger partial charge >= 0.3 is 0 Å². The number of amides is 3. The Labute approximate surface area is 190 Å². The van der Waals surface area contributed by atoms with E-state index >= 15 is 0 Å². The standard InChI is InChI=1S/C25H21N3O5/c1-32-22-15-17(12-13-21(22)33-16-23(29)26-18-8-4-2-5-9-18)14-20-24(30)27-28(25(20)31)19-10-6-3-7-11-19/h2-15H,16H2,1H3,(H,26,29)(H,27,30)/b20-14-. The molecular weight excluding hydrogens is 422 g/mol. The summed E-state index contributed by atoms with van der Waals surface area (Å²) < 4.78 is 11.0. The second-order valence-electron chi connectivity index (χ2n) is 7.09. The number of hydrogen-bond donors (Lipinski definition) is 2. The topological polar surface area (TPSA) is 97.0 Å². The minimum atomic E-state index is -0.499. The molecule has 4 rings (SSSR count). The maximum atomic E-state index is 12.7. The van der Waals surface area contributed by atoms with Gasteiger partial charge in [-0.1, -0.05) is 42.5 Å². The monoisotopic (exact) mass is 443 g/mol. The van der Waals surface area contributed by atoms with Crippen LogP contribution in [-0.2, 0) is 14.4 Å². The molecule has 1 fully saturated rings. The lowest BCUT2D eigenvalue weighted by Gasteiger charge is -2.14. The van der Waals surface area contributed by atoms with E-state index in [4.69, 9.17) is 9.47 Å². The Morgan fingerprint density at radius 1 is 0.970 bits per heavy atom. The molecule has 3 amide bonds. The summed E-state index contributed by atoms with van der Waals surface area (Å²) in [6, 6.07) is 22.8. The summed E-state index contributed by atoms with van der Waals surface area (Å²) in [6.45, 7) is -0.210. The maximum absolute atomic E-state index is 12.7. The molecule has 0 saturated carbocycles. The molecule has 8 heteroatoms. The van der Waals surface area contributed by atoms with Crippen LogP contribution in [-0.4, -0.2) is 31.4 Å². The van der Waals surface area contributed by atoms with Gasteiger partial charge in [-0.2, -0.15) is 0 Å². The molecule has 3 aromatic rings. The van der Waals surface area contributed by atoms with Crippen LogP contribution in [0.15, 0.2) is 84.4 Å². The molecule has 0 bridgehead atoms. The second-order valence-corrected chi connectivity index (χ2v) is 7.09. The molecular formula is C25H21N3O5. The first-order valence-electron chi connectivity index (χ1n) is 10.1. The molecule has 1 heterocycles. The van der Waals surface area contributed by atoms with Crippen molar-refractivity contribution in [3.63, 3.8) is 0 Å². The van der Waals surface area contributed by atoms with Crippen molar-refractivity contribution in [2.45, 2.75) is 0 Å². The first kappa shape index (κ1) is 21.6. The lowest BCUT2D eigenvalue weighted by molar-refractivity contribution is -0.118. The van der Waals surface area contributed by atoms with E-state index in [0.717, 1.165) is 0 Å². The van der Waals surface area contributed by atoms with Gasteiger partial charge in [0.05, 0.1) is 12.8 Å². The van der Waals surface area contributed by atoms with E-state index in [1.807, 2.05) is 24.3 Å². The summed E-state index contributed by atoms with van der Waals surface area (Å²) >= 11 is 0. The van der Waals surface area contributed by atoms with Crippen LogP contribution in [0.2, 0.25) is 0 Å². The number of nitrogens with one attached hydrogen (secondary N) is 2. The largest absolute Gasteiger partial charge is 0.493 e. The number of hydrazine groups is 1. The van der Waals surface area contributed by atoms with E-state index in [-0.39, 0.29) is 18.1 Å². The molecule has 0 radical (unpaired) electrons. The van der Waals surface area contributed by atoms with Gasteiger partial charge in [0.2, 0.25) is 0 Å². The first-order valence-corrected chi connectivity index (χ1v) is 10.1. The van der Waals surface area contributed by atoms with Gasteiger partial charge in [-0.05, 0) is 48.0 Å². The van der Waals surface area contributed by atoms with Crippen LogP contribution < -0.4 is 25.2 Å². The minimum absolute atomic E-state index is 0.00295. The number of hydrogen-bond acceptors (Lipinski definition) is 5. The number of ether oxygens (including phenoxy) is 2. The van der Waals surface area contributed by atoms with E-state index < -0.39 is 11.8 Å². The van der Waals surface area contributed by atoms with E-state index in [0.29, 0.717) is 28.4 Å². The number of para-hydroxylation sites is 2. The summed E-state index contributed by atoms with van der Waals surface area (Å²) in [6.07, 6.45) is 1.48. The Kier molecular flexibility index (Phi) is 6.36. The Bertz CT molecular complexity index is 1210. The molecule has 166 valence electrons. The molecule has 33 heavy (non-hydrogen) atoms.